The van der Waals surface area contributed by atoms with Gasteiger partial charge in [0.2, 0.25) is 0 Å². The van der Waals surface area contributed by atoms with Crippen LogP contribution in [0, 0.1) is 28.6 Å². The summed E-state index contributed by atoms with van der Waals surface area (Å²) >= 11 is 0. The van der Waals surface area contributed by atoms with Gasteiger partial charge >= 0.3 is 0 Å². The minimum atomic E-state index is -0.189. The minimum absolute atomic E-state index is 0.189. The first-order valence-corrected chi connectivity index (χ1v) is 5.91. The van der Waals surface area contributed by atoms with Crippen LogP contribution >= 0.6 is 0 Å². The standard InChI is InChI=1S/C13H23NO/c1-13(2,3)11-7-5-10(6-8-11)12(9-14)15-4/h10-12H,5-8H2,1-4H3. The van der Waals surface area contributed by atoms with Gasteiger partial charge in [0, 0.05) is 7.11 Å². The Labute approximate surface area is 93.6 Å². The van der Waals surface area contributed by atoms with Gasteiger partial charge in [-0.25, -0.2) is 0 Å². The molecule has 0 saturated heterocycles. The summed E-state index contributed by atoms with van der Waals surface area (Å²) in [7, 11) is 1.64. The highest BCUT2D eigenvalue weighted by Gasteiger charge is 2.32. The van der Waals surface area contributed by atoms with E-state index in [4.69, 9.17) is 10.00 Å². The monoisotopic (exact) mass is 209 g/mol. The molecule has 1 fully saturated rings. The van der Waals surface area contributed by atoms with Crippen molar-refractivity contribution in [3.05, 3.63) is 0 Å². The smallest absolute Gasteiger partial charge is 0.146 e. The fraction of sp³-hybridized carbons (Fsp3) is 0.923. The third kappa shape index (κ3) is 3.21. The molecule has 1 aliphatic rings. The second-order valence-electron chi connectivity index (χ2n) is 5.76. The highest BCUT2D eigenvalue weighted by molar-refractivity contribution is 4.93. The van der Waals surface area contributed by atoms with Crippen LogP contribution in [0.4, 0.5) is 0 Å². The topological polar surface area (TPSA) is 33.0 Å². The second kappa shape index (κ2) is 4.99. The largest absolute Gasteiger partial charge is 0.366 e. The molecule has 1 atom stereocenters. The lowest BCUT2D eigenvalue weighted by Gasteiger charge is -2.37. The molecule has 1 unspecified atom stereocenters. The summed E-state index contributed by atoms with van der Waals surface area (Å²) in [5, 5.41) is 8.93. The van der Waals surface area contributed by atoms with Crippen LogP contribution in [0.25, 0.3) is 0 Å². The summed E-state index contributed by atoms with van der Waals surface area (Å²) in [6, 6.07) is 2.25. The molecule has 2 nitrogen and oxygen atoms in total. The van der Waals surface area contributed by atoms with Crippen LogP contribution in [0.3, 0.4) is 0 Å². The zero-order chi connectivity index (χ0) is 11.5. The first kappa shape index (κ1) is 12.5. The molecule has 0 spiro atoms. The van der Waals surface area contributed by atoms with Crippen molar-refractivity contribution in [1.82, 2.24) is 0 Å². The number of ether oxygens (including phenoxy) is 1. The Kier molecular flexibility index (Phi) is 4.16. The normalized spacial score (nSPS) is 29.5. The summed E-state index contributed by atoms with van der Waals surface area (Å²) in [4.78, 5) is 0. The fourth-order valence-electron chi connectivity index (χ4n) is 2.64. The molecule has 0 N–H and O–H groups in total. The van der Waals surface area contributed by atoms with Crippen molar-refractivity contribution in [2.45, 2.75) is 52.6 Å². The van der Waals surface area contributed by atoms with Crippen LogP contribution < -0.4 is 0 Å². The summed E-state index contributed by atoms with van der Waals surface area (Å²) < 4.78 is 5.20. The van der Waals surface area contributed by atoms with Crippen molar-refractivity contribution in [3.63, 3.8) is 0 Å². The molecule has 0 heterocycles. The van der Waals surface area contributed by atoms with Crippen LogP contribution in [0.1, 0.15) is 46.5 Å². The Balaban J connectivity index is 2.46. The summed E-state index contributed by atoms with van der Waals surface area (Å²) in [5.41, 5.74) is 0.417. The maximum atomic E-state index is 8.93. The maximum Gasteiger partial charge on any atom is 0.146 e. The molecule has 0 aromatic carbocycles. The van der Waals surface area contributed by atoms with Gasteiger partial charge in [0.15, 0.2) is 0 Å². The molecule has 15 heavy (non-hydrogen) atoms. The lowest BCUT2D eigenvalue weighted by atomic mass is 9.69. The third-order valence-corrected chi connectivity index (χ3v) is 3.81. The molecule has 1 rings (SSSR count). The molecular weight excluding hydrogens is 186 g/mol. The SMILES string of the molecule is COC(C#N)C1CCC(C(C)(C)C)CC1. The molecule has 1 saturated carbocycles. The predicted octanol–water partition coefficient (Wildman–Crippen LogP) is 3.38. The van der Waals surface area contributed by atoms with Gasteiger partial charge in [0.1, 0.15) is 6.10 Å². The number of hydrogen-bond acceptors (Lipinski definition) is 2. The van der Waals surface area contributed by atoms with E-state index in [9.17, 15) is 0 Å². The molecule has 0 radical (unpaired) electrons. The van der Waals surface area contributed by atoms with Gasteiger partial charge in [-0.2, -0.15) is 5.26 Å². The molecule has 0 bridgehead atoms. The van der Waals surface area contributed by atoms with Gasteiger partial charge in [-0.05, 0) is 42.9 Å². The number of methoxy groups -OCH3 is 1. The lowest BCUT2D eigenvalue weighted by Crippen LogP contribution is -2.31. The summed E-state index contributed by atoms with van der Waals surface area (Å²) in [6.07, 6.45) is 4.60. The van der Waals surface area contributed by atoms with Crippen LogP contribution in [0.2, 0.25) is 0 Å². The van der Waals surface area contributed by atoms with Gasteiger partial charge in [-0.3, -0.25) is 0 Å². The van der Waals surface area contributed by atoms with Crippen LogP contribution in [-0.4, -0.2) is 13.2 Å². The molecule has 0 aromatic rings. The second-order valence-corrected chi connectivity index (χ2v) is 5.76. The van der Waals surface area contributed by atoms with Crippen molar-refractivity contribution in [3.8, 4) is 6.07 Å². The summed E-state index contributed by atoms with van der Waals surface area (Å²) in [5.74, 6) is 1.27. The molecule has 1 aliphatic carbocycles. The Morgan fingerprint density at radius 3 is 2.07 bits per heavy atom. The average Bonchev–Trinajstić information content (AvgIpc) is 2.19. The predicted molar refractivity (Wildman–Crippen MR) is 61.3 cm³/mol. The zero-order valence-corrected chi connectivity index (χ0v) is 10.4. The van der Waals surface area contributed by atoms with E-state index in [1.165, 1.54) is 12.8 Å². The number of hydrogen-bond donors (Lipinski definition) is 0. The minimum Gasteiger partial charge on any atom is -0.366 e. The van der Waals surface area contributed by atoms with E-state index in [0.717, 1.165) is 18.8 Å². The average molecular weight is 209 g/mol. The van der Waals surface area contributed by atoms with Crippen LogP contribution in [0.5, 0.6) is 0 Å². The Morgan fingerprint density at radius 2 is 1.73 bits per heavy atom. The Bertz CT molecular complexity index is 228. The van der Waals surface area contributed by atoms with Gasteiger partial charge in [-0.15, -0.1) is 0 Å². The lowest BCUT2D eigenvalue weighted by molar-refractivity contribution is 0.0516. The van der Waals surface area contributed by atoms with Crippen molar-refractivity contribution in [2.24, 2.45) is 17.3 Å². The highest BCUT2D eigenvalue weighted by atomic mass is 16.5. The number of rotatable bonds is 2. The van der Waals surface area contributed by atoms with E-state index >= 15 is 0 Å². The molecule has 0 aliphatic heterocycles. The molecule has 0 amide bonds. The van der Waals surface area contributed by atoms with E-state index in [0.29, 0.717) is 11.3 Å². The maximum absolute atomic E-state index is 8.93. The quantitative estimate of drug-likeness (QED) is 0.698. The number of nitrogens with zero attached hydrogens (tertiary/aromatic N) is 1. The van der Waals surface area contributed by atoms with Crippen molar-refractivity contribution in [2.75, 3.05) is 7.11 Å². The molecule has 0 aromatic heterocycles. The van der Waals surface area contributed by atoms with Crippen molar-refractivity contribution < 1.29 is 4.74 Å². The van der Waals surface area contributed by atoms with E-state index in [-0.39, 0.29) is 6.10 Å². The van der Waals surface area contributed by atoms with E-state index in [1.807, 2.05) is 0 Å². The van der Waals surface area contributed by atoms with Gasteiger partial charge in [-0.1, -0.05) is 20.8 Å². The van der Waals surface area contributed by atoms with Gasteiger partial charge < -0.3 is 4.74 Å². The molecule has 2 heteroatoms. The van der Waals surface area contributed by atoms with Gasteiger partial charge in [0.25, 0.3) is 0 Å². The fourth-order valence-corrected chi connectivity index (χ4v) is 2.64. The molecular formula is C13H23NO. The van der Waals surface area contributed by atoms with Gasteiger partial charge in [0.05, 0.1) is 6.07 Å². The van der Waals surface area contributed by atoms with Crippen molar-refractivity contribution in [1.29, 1.82) is 5.26 Å². The van der Waals surface area contributed by atoms with Crippen molar-refractivity contribution >= 4 is 0 Å². The Hall–Kier alpha value is -0.550. The number of nitriles is 1. The van der Waals surface area contributed by atoms with E-state index < -0.39 is 0 Å². The van der Waals surface area contributed by atoms with Crippen LogP contribution in [-0.2, 0) is 4.74 Å². The highest BCUT2D eigenvalue weighted by Crippen LogP contribution is 2.40. The summed E-state index contributed by atoms with van der Waals surface area (Å²) in [6.45, 7) is 6.95. The van der Waals surface area contributed by atoms with E-state index in [2.05, 4.69) is 26.8 Å². The molecule has 86 valence electrons. The van der Waals surface area contributed by atoms with Crippen LogP contribution in [0.15, 0.2) is 0 Å². The third-order valence-electron chi connectivity index (χ3n) is 3.81. The first-order valence-electron chi connectivity index (χ1n) is 5.91. The first-order chi connectivity index (χ1) is 6.99. The Morgan fingerprint density at radius 1 is 1.20 bits per heavy atom. The zero-order valence-electron chi connectivity index (χ0n) is 10.4. The van der Waals surface area contributed by atoms with E-state index in [1.54, 1.807) is 7.11 Å².